The lowest BCUT2D eigenvalue weighted by Crippen LogP contribution is -2.27. The first-order valence-corrected chi connectivity index (χ1v) is 5.99. The number of halogens is 3. The van der Waals surface area contributed by atoms with Crippen LogP contribution in [0.2, 0.25) is 0 Å². The number of hydrogen-bond donors (Lipinski definition) is 2. The van der Waals surface area contributed by atoms with E-state index in [2.05, 4.69) is 10.6 Å². The molecular formula is C13H17F3N2O. The predicted molar refractivity (Wildman–Crippen MR) is 67.8 cm³/mol. The van der Waals surface area contributed by atoms with Gasteiger partial charge in [-0.05, 0) is 24.3 Å². The second kappa shape index (κ2) is 6.56. The van der Waals surface area contributed by atoms with E-state index in [1.165, 1.54) is 12.1 Å². The summed E-state index contributed by atoms with van der Waals surface area (Å²) in [6, 6.07) is 4.68. The van der Waals surface area contributed by atoms with Gasteiger partial charge in [0.05, 0.1) is 5.56 Å². The summed E-state index contributed by atoms with van der Waals surface area (Å²) in [5.41, 5.74) is -0.366. The van der Waals surface area contributed by atoms with E-state index in [0.29, 0.717) is 18.3 Å². The standard InChI is InChI=1S/C13H17F3N2O/c1-9(2)17-8-7-12(19)18-11-5-3-10(4-6-11)13(14,15)16/h3-6,9,17H,7-8H2,1-2H3,(H,18,19). The first-order chi connectivity index (χ1) is 8.79. The molecule has 0 aromatic heterocycles. The van der Waals surface area contributed by atoms with Crippen molar-refractivity contribution in [2.45, 2.75) is 32.5 Å². The average Bonchev–Trinajstić information content (AvgIpc) is 2.27. The van der Waals surface area contributed by atoms with Gasteiger partial charge in [0.1, 0.15) is 0 Å². The maximum absolute atomic E-state index is 12.3. The molecule has 1 aromatic carbocycles. The van der Waals surface area contributed by atoms with Gasteiger partial charge in [-0.15, -0.1) is 0 Å². The fourth-order valence-electron chi connectivity index (χ4n) is 1.44. The lowest BCUT2D eigenvalue weighted by atomic mass is 10.2. The number of nitrogens with one attached hydrogen (secondary N) is 2. The number of carbonyl (C=O) groups is 1. The average molecular weight is 274 g/mol. The zero-order valence-electron chi connectivity index (χ0n) is 10.8. The molecular weight excluding hydrogens is 257 g/mol. The minimum Gasteiger partial charge on any atom is -0.326 e. The van der Waals surface area contributed by atoms with Crippen LogP contribution in [-0.4, -0.2) is 18.5 Å². The quantitative estimate of drug-likeness (QED) is 0.866. The summed E-state index contributed by atoms with van der Waals surface area (Å²) in [7, 11) is 0. The molecule has 0 heterocycles. The van der Waals surface area contributed by atoms with Crippen molar-refractivity contribution in [3.05, 3.63) is 29.8 Å². The molecule has 2 N–H and O–H groups in total. The van der Waals surface area contributed by atoms with Gasteiger partial charge in [-0.3, -0.25) is 4.79 Å². The Bertz CT molecular complexity index is 413. The third-order valence-electron chi connectivity index (χ3n) is 2.40. The van der Waals surface area contributed by atoms with Gasteiger partial charge in [-0.2, -0.15) is 13.2 Å². The molecule has 0 bridgehead atoms. The van der Waals surface area contributed by atoms with E-state index in [0.717, 1.165) is 12.1 Å². The van der Waals surface area contributed by atoms with Gasteiger partial charge in [0.25, 0.3) is 0 Å². The van der Waals surface area contributed by atoms with Crippen molar-refractivity contribution >= 4 is 11.6 Å². The molecule has 0 unspecified atom stereocenters. The Hall–Kier alpha value is -1.56. The van der Waals surface area contributed by atoms with Crippen LogP contribution in [0, 0.1) is 0 Å². The minimum atomic E-state index is -4.36. The van der Waals surface area contributed by atoms with Crippen LogP contribution in [0.15, 0.2) is 24.3 Å². The fourth-order valence-corrected chi connectivity index (χ4v) is 1.44. The molecule has 106 valence electrons. The highest BCUT2D eigenvalue weighted by Gasteiger charge is 2.29. The Balaban J connectivity index is 2.47. The topological polar surface area (TPSA) is 41.1 Å². The Morgan fingerprint density at radius 3 is 2.26 bits per heavy atom. The summed E-state index contributed by atoms with van der Waals surface area (Å²) < 4.78 is 37.0. The van der Waals surface area contributed by atoms with Gasteiger partial charge in [-0.1, -0.05) is 13.8 Å². The summed E-state index contributed by atoms with van der Waals surface area (Å²) in [5.74, 6) is -0.229. The van der Waals surface area contributed by atoms with E-state index in [1.807, 2.05) is 13.8 Å². The number of amides is 1. The van der Waals surface area contributed by atoms with Crippen molar-refractivity contribution in [1.29, 1.82) is 0 Å². The van der Waals surface area contributed by atoms with Crippen LogP contribution < -0.4 is 10.6 Å². The monoisotopic (exact) mass is 274 g/mol. The Labute approximate surface area is 110 Å². The van der Waals surface area contributed by atoms with E-state index in [4.69, 9.17) is 0 Å². The molecule has 0 aliphatic rings. The number of rotatable bonds is 5. The number of anilines is 1. The first kappa shape index (κ1) is 15.5. The van der Waals surface area contributed by atoms with Gasteiger partial charge in [0.15, 0.2) is 0 Å². The summed E-state index contributed by atoms with van der Waals surface area (Å²) >= 11 is 0. The van der Waals surface area contributed by atoms with Gasteiger partial charge < -0.3 is 10.6 Å². The van der Waals surface area contributed by atoms with E-state index in [9.17, 15) is 18.0 Å². The highest BCUT2D eigenvalue weighted by atomic mass is 19.4. The summed E-state index contributed by atoms with van der Waals surface area (Å²) in [6.45, 7) is 4.46. The van der Waals surface area contributed by atoms with Gasteiger partial charge >= 0.3 is 6.18 Å². The molecule has 0 aliphatic heterocycles. The van der Waals surface area contributed by atoms with Crippen LogP contribution in [0.4, 0.5) is 18.9 Å². The van der Waals surface area contributed by atoms with Crippen molar-refractivity contribution in [3.8, 4) is 0 Å². The molecule has 0 saturated carbocycles. The lowest BCUT2D eigenvalue weighted by molar-refractivity contribution is -0.137. The third kappa shape index (κ3) is 5.74. The first-order valence-electron chi connectivity index (χ1n) is 5.99. The predicted octanol–water partition coefficient (Wildman–Crippen LogP) is 3.03. The van der Waals surface area contributed by atoms with E-state index < -0.39 is 11.7 Å². The normalized spacial score (nSPS) is 11.7. The number of hydrogen-bond acceptors (Lipinski definition) is 2. The van der Waals surface area contributed by atoms with E-state index >= 15 is 0 Å². The molecule has 0 atom stereocenters. The molecule has 1 rings (SSSR count). The molecule has 0 fully saturated rings. The number of carbonyl (C=O) groups excluding carboxylic acids is 1. The molecule has 19 heavy (non-hydrogen) atoms. The smallest absolute Gasteiger partial charge is 0.326 e. The molecule has 3 nitrogen and oxygen atoms in total. The summed E-state index contributed by atoms with van der Waals surface area (Å²) in [4.78, 5) is 11.5. The van der Waals surface area contributed by atoms with Gasteiger partial charge in [-0.25, -0.2) is 0 Å². The van der Waals surface area contributed by atoms with Crippen LogP contribution in [0.5, 0.6) is 0 Å². The minimum absolute atomic E-state index is 0.229. The molecule has 0 spiro atoms. The SMILES string of the molecule is CC(C)NCCC(=O)Nc1ccc(C(F)(F)F)cc1. The van der Waals surface area contributed by atoms with Crippen LogP contribution in [0.3, 0.4) is 0 Å². The summed E-state index contributed by atoms with van der Waals surface area (Å²) in [5, 5.41) is 5.63. The Morgan fingerprint density at radius 1 is 1.21 bits per heavy atom. The summed E-state index contributed by atoms with van der Waals surface area (Å²) in [6.07, 6.45) is -4.08. The number of benzene rings is 1. The van der Waals surface area contributed by atoms with Crippen molar-refractivity contribution in [2.75, 3.05) is 11.9 Å². The highest BCUT2D eigenvalue weighted by molar-refractivity contribution is 5.90. The van der Waals surface area contributed by atoms with Crippen LogP contribution in [0.25, 0.3) is 0 Å². The molecule has 0 radical (unpaired) electrons. The highest BCUT2D eigenvalue weighted by Crippen LogP contribution is 2.29. The zero-order valence-corrected chi connectivity index (χ0v) is 10.8. The largest absolute Gasteiger partial charge is 0.416 e. The molecule has 0 aliphatic carbocycles. The van der Waals surface area contributed by atoms with Crippen LogP contribution in [-0.2, 0) is 11.0 Å². The van der Waals surface area contributed by atoms with Crippen molar-refractivity contribution in [2.24, 2.45) is 0 Å². The maximum atomic E-state index is 12.3. The van der Waals surface area contributed by atoms with E-state index in [-0.39, 0.29) is 12.3 Å². The van der Waals surface area contributed by atoms with Crippen LogP contribution in [0.1, 0.15) is 25.8 Å². The van der Waals surface area contributed by atoms with Crippen molar-refractivity contribution in [1.82, 2.24) is 5.32 Å². The maximum Gasteiger partial charge on any atom is 0.416 e. The van der Waals surface area contributed by atoms with Crippen molar-refractivity contribution in [3.63, 3.8) is 0 Å². The van der Waals surface area contributed by atoms with Crippen LogP contribution >= 0.6 is 0 Å². The second-order valence-electron chi connectivity index (χ2n) is 4.48. The second-order valence-corrected chi connectivity index (χ2v) is 4.48. The van der Waals surface area contributed by atoms with Gasteiger partial charge in [0, 0.05) is 24.7 Å². The Kier molecular flexibility index (Phi) is 5.35. The molecule has 0 saturated heterocycles. The Morgan fingerprint density at radius 2 is 1.79 bits per heavy atom. The zero-order chi connectivity index (χ0) is 14.5. The molecule has 1 amide bonds. The number of alkyl halides is 3. The van der Waals surface area contributed by atoms with Gasteiger partial charge in [0.2, 0.25) is 5.91 Å². The lowest BCUT2D eigenvalue weighted by Gasteiger charge is -2.10. The fraction of sp³-hybridized carbons (Fsp3) is 0.462. The molecule has 1 aromatic rings. The molecule has 6 heteroatoms. The van der Waals surface area contributed by atoms with Crippen molar-refractivity contribution < 1.29 is 18.0 Å². The third-order valence-corrected chi connectivity index (χ3v) is 2.40. The van der Waals surface area contributed by atoms with E-state index in [1.54, 1.807) is 0 Å².